The third-order valence-electron chi connectivity index (χ3n) is 6.50. The molecule has 0 aromatic heterocycles. The van der Waals surface area contributed by atoms with Gasteiger partial charge in [-0.05, 0) is 62.7 Å². The molecule has 156 valence electrons. The Morgan fingerprint density at radius 1 is 1.07 bits per heavy atom. The molecule has 2 heterocycles. The third kappa shape index (κ3) is 4.80. The molecule has 29 heavy (non-hydrogen) atoms. The Bertz CT molecular complexity index is 825. The molecule has 0 bridgehead atoms. The summed E-state index contributed by atoms with van der Waals surface area (Å²) in [6.07, 6.45) is 3.28. The maximum atomic E-state index is 12.8. The number of fused-ring (bicyclic) bond motifs is 1. The van der Waals surface area contributed by atoms with E-state index in [9.17, 15) is 4.79 Å². The number of amides is 1. The van der Waals surface area contributed by atoms with E-state index in [4.69, 9.17) is 0 Å². The van der Waals surface area contributed by atoms with Crippen molar-refractivity contribution in [1.29, 1.82) is 0 Å². The van der Waals surface area contributed by atoms with Gasteiger partial charge in [0.05, 0.1) is 6.04 Å². The SMILES string of the molecule is CCNC(=O)[C@@H]1C[C@H](NC2CCN(C)CC2)CN1Cc1cccc2ccccc12. The highest BCUT2D eigenvalue weighted by molar-refractivity contribution is 5.86. The highest BCUT2D eigenvalue weighted by Crippen LogP contribution is 2.26. The molecule has 0 unspecified atom stereocenters. The lowest BCUT2D eigenvalue weighted by Gasteiger charge is -2.31. The van der Waals surface area contributed by atoms with E-state index in [0.717, 1.165) is 32.6 Å². The zero-order valence-electron chi connectivity index (χ0n) is 17.7. The van der Waals surface area contributed by atoms with Crippen molar-refractivity contribution in [2.24, 2.45) is 0 Å². The largest absolute Gasteiger partial charge is 0.355 e. The zero-order chi connectivity index (χ0) is 20.2. The fraction of sp³-hybridized carbons (Fsp3) is 0.542. The molecule has 1 amide bonds. The van der Waals surface area contributed by atoms with Crippen LogP contribution in [0.2, 0.25) is 0 Å². The van der Waals surface area contributed by atoms with Gasteiger partial charge in [0.1, 0.15) is 0 Å². The van der Waals surface area contributed by atoms with Crippen LogP contribution in [-0.4, -0.2) is 67.1 Å². The average molecular weight is 395 g/mol. The van der Waals surface area contributed by atoms with Crippen molar-refractivity contribution in [3.8, 4) is 0 Å². The highest BCUT2D eigenvalue weighted by atomic mass is 16.2. The maximum absolute atomic E-state index is 12.8. The Labute approximate surface area is 174 Å². The van der Waals surface area contributed by atoms with Crippen molar-refractivity contribution in [3.05, 3.63) is 48.0 Å². The van der Waals surface area contributed by atoms with E-state index in [-0.39, 0.29) is 11.9 Å². The van der Waals surface area contributed by atoms with Gasteiger partial charge in [0.2, 0.25) is 5.91 Å². The number of hydrogen-bond donors (Lipinski definition) is 2. The molecule has 0 spiro atoms. The van der Waals surface area contributed by atoms with E-state index < -0.39 is 0 Å². The van der Waals surface area contributed by atoms with Crippen molar-refractivity contribution in [2.45, 2.75) is 50.9 Å². The van der Waals surface area contributed by atoms with E-state index in [0.29, 0.717) is 18.6 Å². The fourth-order valence-electron chi connectivity index (χ4n) is 4.92. The maximum Gasteiger partial charge on any atom is 0.237 e. The number of piperidine rings is 1. The van der Waals surface area contributed by atoms with Gasteiger partial charge in [-0.25, -0.2) is 0 Å². The normalized spacial score (nSPS) is 24.2. The monoisotopic (exact) mass is 394 g/mol. The first kappa shape index (κ1) is 20.3. The topological polar surface area (TPSA) is 47.6 Å². The molecule has 2 fully saturated rings. The first-order valence-corrected chi connectivity index (χ1v) is 11.1. The molecule has 2 aromatic carbocycles. The first-order valence-electron chi connectivity index (χ1n) is 11.1. The number of carbonyl (C=O) groups is 1. The van der Waals surface area contributed by atoms with Gasteiger partial charge in [0.25, 0.3) is 0 Å². The number of carbonyl (C=O) groups excluding carboxylic acids is 1. The summed E-state index contributed by atoms with van der Waals surface area (Å²) < 4.78 is 0. The predicted molar refractivity (Wildman–Crippen MR) is 119 cm³/mol. The van der Waals surface area contributed by atoms with Gasteiger partial charge in [-0.15, -0.1) is 0 Å². The van der Waals surface area contributed by atoms with Gasteiger partial charge in [0.15, 0.2) is 0 Å². The second kappa shape index (κ2) is 9.24. The summed E-state index contributed by atoms with van der Waals surface area (Å²) in [6.45, 7) is 6.74. The van der Waals surface area contributed by atoms with Crippen LogP contribution in [0.3, 0.4) is 0 Å². The smallest absolute Gasteiger partial charge is 0.237 e. The number of benzene rings is 2. The number of hydrogen-bond acceptors (Lipinski definition) is 4. The van der Waals surface area contributed by atoms with Crippen LogP contribution in [0.25, 0.3) is 10.8 Å². The molecule has 2 atom stereocenters. The van der Waals surface area contributed by atoms with Crippen molar-refractivity contribution >= 4 is 16.7 Å². The van der Waals surface area contributed by atoms with Gasteiger partial charge < -0.3 is 15.5 Å². The Kier molecular flexibility index (Phi) is 6.48. The molecule has 5 heteroatoms. The van der Waals surface area contributed by atoms with E-state index in [1.807, 2.05) is 6.92 Å². The molecule has 4 rings (SSSR count). The minimum atomic E-state index is -0.0577. The number of likely N-dealkylation sites (N-methyl/N-ethyl adjacent to an activating group) is 1. The van der Waals surface area contributed by atoms with Crippen LogP contribution in [0.1, 0.15) is 31.7 Å². The fourth-order valence-corrected chi connectivity index (χ4v) is 4.92. The molecule has 0 radical (unpaired) electrons. The summed E-state index contributed by atoms with van der Waals surface area (Å²) >= 11 is 0. The average Bonchev–Trinajstić information content (AvgIpc) is 3.12. The zero-order valence-corrected chi connectivity index (χ0v) is 17.7. The van der Waals surface area contributed by atoms with E-state index in [1.54, 1.807) is 0 Å². The summed E-state index contributed by atoms with van der Waals surface area (Å²) in [7, 11) is 2.20. The summed E-state index contributed by atoms with van der Waals surface area (Å²) in [5, 5.41) is 9.48. The van der Waals surface area contributed by atoms with Gasteiger partial charge in [-0.1, -0.05) is 42.5 Å². The van der Waals surface area contributed by atoms with Gasteiger partial charge in [-0.2, -0.15) is 0 Å². The van der Waals surface area contributed by atoms with Gasteiger partial charge in [-0.3, -0.25) is 9.69 Å². The number of rotatable bonds is 6. The standard InChI is InChI=1S/C24H34N4O/c1-3-25-24(29)23-15-21(26-20-11-13-27(2)14-12-20)17-28(23)16-19-9-6-8-18-7-4-5-10-22(18)19/h4-10,20-21,23,26H,3,11-17H2,1-2H3,(H,25,29)/t21-,23-/m0/s1. The number of likely N-dealkylation sites (tertiary alicyclic amines) is 2. The van der Waals surface area contributed by atoms with E-state index in [1.165, 1.54) is 29.2 Å². The molecular formula is C24H34N4O. The van der Waals surface area contributed by atoms with Gasteiger partial charge >= 0.3 is 0 Å². The third-order valence-corrected chi connectivity index (χ3v) is 6.50. The van der Waals surface area contributed by atoms with Crippen molar-refractivity contribution in [2.75, 3.05) is 33.2 Å². The van der Waals surface area contributed by atoms with Crippen LogP contribution in [-0.2, 0) is 11.3 Å². The molecule has 0 aliphatic carbocycles. The molecule has 2 aromatic rings. The summed E-state index contributed by atoms with van der Waals surface area (Å²) in [5.41, 5.74) is 1.30. The summed E-state index contributed by atoms with van der Waals surface area (Å²) in [6, 6.07) is 15.9. The summed E-state index contributed by atoms with van der Waals surface area (Å²) in [4.78, 5) is 17.6. The highest BCUT2D eigenvalue weighted by Gasteiger charge is 2.37. The second-order valence-corrected chi connectivity index (χ2v) is 8.65. The van der Waals surface area contributed by atoms with Crippen molar-refractivity contribution in [1.82, 2.24) is 20.4 Å². The van der Waals surface area contributed by atoms with E-state index >= 15 is 0 Å². The summed E-state index contributed by atoms with van der Waals surface area (Å²) in [5.74, 6) is 0.167. The lowest BCUT2D eigenvalue weighted by Crippen LogP contribution is -2.46. The Hall–Kier alpha value is -1.95. The predicted octanol–water partition coefficient (Wildman–Crippen LogP) is 2.60. The van der Waals surface area contributed by atoms with Crippen LogP contribution in [0.4, 0.5) is 0 Å². The number of nitrogens with one attached hydrogen (secondary N) is 2. The van der Waals surface area contributed by atoms with Crippen LogP contribution in [0, 0.1) is 0 Å². The minimum Gasteiger partial charge on any atom is -0.355 e. The quantitative estimate of drug-likeness (QED) is 0.791. The lowest BCUT2D eigenvalue weighted by atomic mass is 10.0. The number of nitrogens with zero attached hydrogens (tertiary/aromatic N) is 2. The Morgan fingerprint density at radius 2 is 1.83 bits per heavy atom. The van der Waals surface area contributed by atoms with Crippen LogP contribution in [0.5, 0.6) is 0 Å². The van der Waals surface area contributed by atoms with Gasteiger partial charge in [0, 0.05) is 31.7 Å². The van der Waals surface area contributed by atoms with Crippen LogP contribution in [0.15, 0.2) is 42.5 Å². The molecule has 2 N–H and O–H groups in total. The molecule has 2 saturated heterocycles. The first-order chi connectivity index (χ1) is 14.1. The molecule has 5 nitrogen and oxygen atoms in total. The van der Waals surface area contributed by atoms with E-state index in [2.05, 4.69) is 69.9 Å². The van der Waals surface area contributed by atoms with Crippen molar-refractivity contribution in [3.63, 3.8) is 0 Å². The minimum absolute atomic E-state index is 0.0577. The van der Waals surface area contributed by atoms with Crippen LogP contribution >= 0.6 is 0 Å². The van der Waals surface area contributed by atoms with Crippen molar-refractivity contribution < 1.29 is 4.79 Å². The Morgan fingerprint density at radius 3 is 2.62 bits per heavy atom. The lowest BCUT2D eigenvalue weighted by molar-refractivity contribution is -0.125. The molecular weight excluding hydrogens is 360 g/mol. The molecule has 2 aliphatic rings. The Balaban J connectivity index is 1.49. The molecule has 2 aliphatic heterocycles. The molecule has 0 saturated carbocycles. The van der Waals surface area contributed by atoms with Crippen LogP contribution < -0.4 is 10.6 Å². The second-order valence-electron chi connectivity index (χ2n) is 8.65.